The number of likely N-dealkylation sites (tertiary alicyclic amines) is 1. The van der Waals surface area contributed by atoms with Gasteiger partial charge in [0.1, 0.15) is 0 Å². The highest BCUT2D eigenvalue weighted by molar-refractivity contribution is 6.03. The summed E-state index contributed by atoms with van der Waals surface area (Å²) < 4.78 is 18.4. The zero-order chi connectivity index (χ0) is 14.9. The van der Waals surface area contributed by atoms with Crippen LogP contribution < -0.4 is 10.5 Å². The molecular formula is C14H17FN2O3. The van der Waals surface area contributed by atoms with Gasteiger partial charge < -0.3 is 10.5 Å². The van der Waals surface area contributed by atoms with Crippen molar-refractivity contribution in [3.05, 3.63) is 29.6 Å². The second-order valence-electron chi connectivity index (χ2n) is 4.95. The molecule has 0 spiro atoms. The van der Waals surface area contributed by atoms with Crippen molar-refractivity contribution >= 4 is 11.8 Å². The number of hydrogen-bond acceptors (Lipinski definition) is 4. The summed E-state index contributed by atoms with van der Waals surface area (Å²) in [7, 11) is 1.38. The maximum atomic E-state index is 13.6. The Labute approximate surface area is 116 Å². The number of halogens is 1. The molecule has 1 saturated heterocycles. The van der Waals surface area contributed by atoms with Crippen LogP contribution in [0, 0.1) is 11.7 Å². The highest BCUT2D eigenvalue weighted by Gasteiger charge is 2.36. The molecule has 2 unspecified atom stereocenters. The van der Waals surface area contributed by atoms with Gasteiger partial charge in [0.2, 0.25) is 11.8 Å². The smallest absolute Gasteiger partial charge is 0.232 e. The molecule has 1 aromatic rings. The Morgan fingerprint density at radius 2 is 2.20 bits per heavy atom. The number of carbonyl (C=O) groups excluding carboxylic acids is 2. The summed E-state index contributed by atoms with van der Waals surface area (Å²) in [6, 6.07) is 3.74. The molecule has 1 aliphatic heterocycles. The van der Waals surface area contributed by atoms with Gasteiger partial charge >= 0.3 is 0 Å². The molecule has 0 bridgehead atoms. The lowest BCUT2D eigenvalue weighted by Gasteiger charge is -2.20. The Bertz CT molecular complexity index is 547. The Morgan fingerprint density at radius 3 is 2.70 bits per heavy atom. The first-order valence-corrected chi connectivity index (χ1v) is 6.37. The fraction of sp³-hybridized carbons (Fsp3) is 0.429. The molecule has 1 aromatic carbocycles. The van der Waals surface area contributed by atoms with Gasteiger partial charge in [0.05, 0.1) is 7.11 Å². The van der Waals surface area contributed by atoms with E-state index in [0.29, 0.717) is 5.56 Å². The van der Waals surface area contributed by atoms with Gasteiger partial charge in [0, 0.05) is 24.9 Å². The van der Waals surface area contributed by atoms with Crippen LogP contribution in [0.5, 0.6) is 5.75 Å². The number of ether oxygens (including phenoxy) is 1. The average molecular weight is 280 g/mol. The molecule has 0 radical (unpaired) electrons. The van der Waals surface area contributed by atoms with E-state index in [-0.39, 0.29) is 36.4 Å². The number of hydrogen-bond donors (Lipinski definition) is 1. The quantitative estimate of drug-likeness (QED) is 0.842. The van der Waals surface area contributed by atoms with Gasteiger partial charge in [-0.25, -0.2) is 4.39 Å². The lowest BCUT2D eigenvalue weighted by atomic mass is 10.1. The summed E-state index contributed by atoms with van der Waals surface area (Å²) in [6.07, 6.45) is 0.211. The van der Waals surface area contributed by atoms with E-state index in [0.717, 1.165) is 4.90 Å². The summed E-state index contributed by atoms with van der Waals surface area (Å²) in [5.41, 5.74) is 6.47. The lowest BCUT2D eigenvalue weighted by Crippen LogP contribution is -2.36. The molecule has 2 N–H and O–H groups in total. The van der Waals surface area contributed by atoms with Gasteiger partial charge in [0.15, 0.2) is 11.6 Å². The lowest BCUT2D eigenvalue weighted by molar-refractivity contribution is -0.139. The minimum atomic E-state index is -0.617. The zero-order valence-electron chi connectivity index (χ0n) is 11.4. The van der Waals surface area contributed by atoms with Crippen LogP contribution in [0.2, 0.25) is 0 Å². The van der Waals surface area contributed by atoms with E-state index in [9.17, 15) is 14.0 Å². The molecule has 0 saturated carbocycles. The Balaban J connectivity index is 2.12. The van der Waals surface area contributed by atoms with Crippen LogP contribution in [0.15, 0.2) is 18.2 Å². The van der Waals surface area contributed by atoms with E-state index in [1.54, 1.807) is 13.0 Å². The Hall–Kier alpha value is -1.95. The Morgan fingerprint density at radius 1 is 1.50 bits per heavy atom. The third kappa shape index (κ3) is 2.65. The van der Waals surface area contributed by atoms with E-state index < -0.39 is 11.9 Å². The summed E-state index contributed by atoms with van der Waals surface area (Å²) in [5.74, 6) is -1.15. The third-order valence-electron chi connectivity index (χ3n) is 3.45. The van der Waals surface area contributed by atoms with Crippen LogP contribution in [-0.4, -0.2) is 30.4 Å². The van der Waals surface area contributed by atoms with Crippen LogP contribution >= 0.6 is 0 Å². The molecule has 2 rings (SSSR count). The molecule has 1 heterocycles. The number of amides is 2. The highest BCUT2D eigenvalue weighted by atomic mass is 19.1. The number of imide groups is 1. The molecule has 0 aromatic heterocycles. The maximum Gasteiger partial charge on any atom is 0.232 e. The SMILES string of the molecule is COc1ccc(C(N)CN2C(=O)CC(C)C2=O)cc1F. The molecule has 2 amide bonds. The largest absolute Gasteiger partial charge is 0.494 e. The number of nitrogens with two attached hydrogens (primary N) is 1. The summed E-state index contributed by atoms with van der Waals surface area (Å²) in [4.78, 5) is 24.6. The second-order valence-corrected chi connectivity index (χ2v) is 4.95. The topological polar surface area (TPSA) is 72.6 Å². The number of benzene rings is 1. The van der Waals surface area contributed by atoms with Crippen molar-refractivity contribution in [2.45, 2.75) is 19.4 Å². The predicted octanol–water partition coefficient (Wildman–Crippen LogP) is 1.23. The molecule has 1 fully saturated rings. The van der Waals surface area contributed by atoms with Crippen LogP contribution in [-0.2, 0) is 9.59 Å². The van der Waals surface area contributed by atoms with E-state index in [2.05, 4.69) is 0 Å². The Kier molecular flexibility index (Phi) is 4.04. The summed E-state index contributed by atoms with van der Waals surface area (Å²) in [5, 5.41) is 0. The molecular weight excluding hydrogens is 263 g/mol. The van der Waals surface area contributed by atoms with E-state index in [4.69, 9.17) is 10.5 Å². The van der Waals surface area contributed by atoms with Gasteiger partial charge in [-0.1, -0.05) is 13.0 Å². The fourth-order valence-corrected chi connectivity index (χ4v) is 2.26. The first-order chi connectivity index (χ1) is 9.43. The normalized spacial score (nSPS) is 20.4. The minimum absolute atomic E-state index is 0.0633. The van der Waals surface area contributed by atoms with Crippen molar-refractivity contribution < 1.29 is 18.7 Å². The van der Waals surface area contributed by atoms with Gasteiger partial charge in [-0.15, -0.1) is 0 Å². The first kappa shape index (κ1) is 14.5. The predicted molar refractivity (Wildman–Crippen MR) is 70.4 cm³/mol. The van der Waals surface area contributed by atoms with Crippen LogP contribution in [0.1, 0.15) is 24.9 Å². The van der Waals surface area contributed by atoms with Crippen LogP contribution in [0.4, 0.5) is 4.39 Å². The number of carbonyl (C=O) groups is 2. The molecule has 1 aliphatic rings. The fourth-order valence-electron chi connectivity index (χ4n) is 2.26. The van der Waals surface area contributed by atoms with Crippen LogP contribution in [0.25, 0.3) is 0 Å². The average Bonchev–Trinajstić information content (AvgIpc) is 2.65. The maximum absolute atomic E-state index is 13.6. The molecule has 2 atom stereocenters. The van der Waals surface area contributed by atoms with Crippen molar-refractivity contribution in [1.29, 1.82) is 0 Å². The van der Waals surface area contributed by atoms with Gasteiger partial charge in [-0.3, -0.25) is 14.5 Å². The van der Waals surface area contributed by atoms with E-state index in [1.165, 1.54) is 19.2 Å². The van der Waals surface area contributed by atoms with Gasteiger partial charge in [-0.2, -0.15) is 0 Å². The number of methoxy groups -OCH3 is 1. The molecule has 6 heteroatoms. The summed E-state index contributed by atoms with van der Waals surface area (Å²) >= 11 is 0. The number of nitrogens with zero attached hydrogens (tertiary/aromatic N) is 1. The zero-order valence-corrected chi connectivity index (χ0v) is 11.4. The monoisotopic (exact) mass is 280 g/mol. The van der Waals surface area contributed by atoms with Crippen molar-refractivity contribution in [2.24, 2.45) is 11.7 Å². The van der Waals surface area contributed by atoms with E-state index >= 15 is 0 Å². The summed E-state index contributed by atoms with van der Waals surface area (Å²) in [6.45, 7) is 1.77. The molecule has 5 nitrogen and oxygen atoms in total. The van der Waals surface area contributed by atoms with E-state index in [1.807, 2.05) is 0 Å². The van der Waals surface area contributed by atoms with Gasteiger partial charge in [0.25, 0.3) is 0 Å². The van der Waals surface area contributed by atoms with Crippen molar-refractivity contribution in [3.63, 3.8) is 0 Å². The van der Waals surface area contributed by atoms with Gasteiger partial charge in [-0.05, 0) is 17.7 Å². The molecule has 20 heavy (non-hydrogen) atoms. The highest BCUT2D eigenvalue weighted by Crippen LogP contribution is 2.24. The first-order valence-electron chi connectivity index (χ1n) is 6.37. The number of rotatable bonds is 4. The minimum Gasteiger partial charge on any atom is -0.494 e. The standard InChI is InChI=1S/C14H17FN2O3/c1-8-5-13(18)17(14(8)19)7-11(16)9-3-4-12(20-2)10(15)6-9/h3-4,6,8,11H,5,7,16H2,1-2H3. The van der Waals surface area contributed by atoms with Crippen molar-refractivity contribution in [1.82, 2.24) is 4.90 Å². The molecule has 108 valence electrons. The molecule has 0 aliphatic carbocycles. The van der Waals surface area contributed by atoms with Crippen molar-refractivity contribution in [3.8, 4) is 5.75 Å². The second kappa shape index (κ2) is 5.58. The third-order valence-corrected chi connectivity index (χ3v) is 3.45. The van der Waals surface area contributed by atoms with Crippen molar-refractivity contribution in [2.75, 3.05) is 13.7 Å². The van der Waals surface area contributed by atoms with Crippen LogP contribution in [0.3, 0.4) is 0 Å².